The van der Waals surface area contributed by atoms with Crippen LogP contribution in [0, 0.1) is 10.8 Å². The zero-order chi connectivity index (χ0) is 17.7. The molecule has 0 heterocycles. The van der Waals surface area contributed by atoms with Crippen molar-refractivity contribution in [2.24, 2.45) is 10.8 Å². The summed E-state index contributed by atoms with van der Waals surface area (Å²) in [4.78, 5) is 0. The van der Waals surface area contributed by atoms with E-state index in [0.29, 0.717) is 5.41 Å². The molecule has 2 nitrogen and oxygen atoms in total. The van der Waals surface area contributed by atoms with E-state index in [1.165, 1.54) is 12.0 Å². The van der Waals surface area contributed by atoms with Gasteiger partial charge >= 0.3 is 0 Å². The van der Waals surface area contributed by atoms with Crippen LogP contribution in [0.4, 0.5) is 0 Å². The zero-order valence-corrected chi connectivity index (χ0v) is 16.4. The predicted octanol–water partition coefficient (Wildman–Crippen LogP) is 6.23. The maximum absolute atomic E-state index is 6.08. The normalized spacial score (nSPS) is 14.1. The molecule has 2 heteroatoms. The van der Waals surface area contributed by atoms with Gasteiger partial charge in [0.1, 0.15) is 5.75 Å². The van der Waals surface area contributed by atoms with Crippen molar-refractivity contribution in [2.45, 2.75) is 87.0 Å². The minimum Gasteiger partial charge on any atom is -0.465 e. The van der Waals surface area contributed by atoms with E-state index in [9.17, 15) is 0 Å². The molecule has 0 bridgehead atoms. The summed E-state index contributed by atoms with van der Waals surface area (Å²) in [6.07, 6.45) is 3.13. The van der Waals surface area contributed by atoms with E-state index >= 15 is 0 Å². The third-order valence-corrected chi connectivity index (χ3v) is 3.56. The summed E-state index contributed by atoms with van der Waals surface area (Å²) in [7, 11) is 0. The van der Waals surface area contributed by atoms with Crippen molar-refractivity contribution in [2.75, 3.05) is 0 Å². The maximum Gasteiger partial charge on any atom is 0.200 e. The SMILES string of the molecule is CC(C)OC(CC(C)(C)C)Oc1ccc(CCC(C)(C)C)cc1. The summed E-state index contributed by atoms with van der Waals surface area (Å²) in [6, 6.07) is 8.48. The number of hydrogen-bond donors (Lipinski definition) is 0. The number of ether oxygens (including phenoxy) is 2. The lowest BCUT2D eigenvalue weighted by Gasteiger charge is -2.28. The topological polar surface area (TPSA) is 18.5 Å². The standard InChI is InChI=1S/C21H36O2/c1-16(2)22-19(15-21(6,7)8)23-18-11-9-17(10-12-18)13-14-20(3,4)5/h9-12,16,19H,13-15H2,1-8H3. The molecule has 0 aliphatic heterocycles. The van der Waals surface area contributed by atoms with Crippen molar-refractivity contribution in [1.82, 2.24) is 0 Å². The third kappa shape index (κ3) is 9.65. The van der Waals surface area contributed by atoms with Gasteiger partial charge in [-0.15, -0.1) is 0 Å². The van der Waals surface area contributed by atoms with Crippen molar-refractivity contribution in [3.8, 4) is 5.75 Å². The van der Waals surface area contributed by atoms with Crippen LogP contribution in [0.25, 0.3) is 0 Å². The molecule has 0 spiro atoms. The van der Waals surface area contributed by atoms with Crippen LogP contribution >= 0.6 is 0 Å². The summed E-state index contributed by atoms with van der Waals surface area (Å²) >= 11 is 0. The second-order valence-corrected chi connectivity index (χ2v) is 9.20. The first kappa shape index (κ1) is 20.0. The average Bonchev–Trinajstić information content (AvgIpc) is 2.34. The van der Waals surface area contributed by atoms with Crippen LogP contribution in [-0.4, -0.2) is 12.4 Å². The fourth-order valence-electron chi connectivity index (χ4n) is 2.33. The van der Waals surface area contributed by atoms with Crippen LogP contribution in [0.2, 0.25) is 0 Å². The second-order valence-electron chi connectivity index (χ2n) is 9.20. The molecule has 0 radical (unpaired) electrons. The lowest BCUT2D eigenvalue weighted by atomic mass is 9.89. The minimum atomic E-state index is -0.199. The van der Waals surface area contributed by atoms with Crippen molar-refractivity contribution < 1.29 is 9.47 Å². The van der Waals surface area contributed by atoms with Gasteiger partial charge in [-0.05, 0) is 55.2 Å². The summed E-state index contributed by atoms with van der Waals surface area (Å²) < 4.78 is 12.0. The molecule has 1 unspecified atom stereocenters. The highest BCUT2D eigenvalue weighted by Gasteiger charge is 2.22. The van der Waals surface area contributed by atoms with Gasteiger partial charge in [0.2, 0.25) is 6.29 Å². The second kappa shape index (κ2) is 8.19. The van der Waals surface area contributed by atoms with E-state index in [4.69, 9.17) is 9.47 Å². The number of aryl methyl sites for hydroxylation is 1. The Morgan fingerprint density at radius 1 is 0.870 bits per heavy atom. The largest absolute Gasteiger partial charge is 0.465 e. The van der Waals surface area contributed by atoms with E-state index in [-0.39, 0.29) is 17.8 Å². The van der Waals surface area contributed by atoms with Crippen molar-refractivity contribution in [3.63, 3.8) is 0 Å². The van der Waals surface area contributed by atoms with Gasteiger partial charge in [-0.1, -0.05) is 53.7 Å². The van der Waals surface area contributed by atoms with Gasteiger partial charge in [0.05, 0.1) is 6.10 Å². The first-order valence-electron chi connectivity index (χ1n) is 8.86. The van der Waals surface area contributed by atoms with Gasteiger partial charge in [0.25, 0.3) is 0 Å². The summed E-state index contributed by atoms with van der Waals surface area (Å²) in [5.41, 5.74) is 1.91. The molecule has 1 atom stereocenters. The first-order valence-corrected chi connectivity index (χ1v) is 8.86. The van der Waals surface area contributed by atoms with Crippen LogP contribution in [-0.2, 0) is 11.2 Å². The number of hydrogen-bond acceptors (Lipinski definition) is 2. The molecular formula is C21H36O2. The van der Waals surface area contributed by atoms with E-state index < -0.39 is 0 Å². The van der Waals surface area contributed by atoms with Crippen LogP contribution < -0.4 is 4.74 Å². The molecule has 0 aliphatic carbocycles. The van der Waals surface area contributed by atoms with E-state index in [1.54, 1.807) is 0 Å². The fraction of sp³-hybridized carbons (Fsp3) is 0.714. The molecule has 0 N–H and O–H groups in total. The quantitative estimate of drug-likeness (QED) is 0.554. The monoisotopic (exact) mass is 320 g/mol. The minimum absolute atomic E-state index is 0.161. The van der Waals surface area contributed by atoms with Crippen molar-refractivity contribution in [1.29, 1.82) is 0 Å². The molecule has 0 saturated carbocycles. The molecule has 0 fully saturated rings. The van der Waals surface area contributed by atoms with Gasteiger partial charge in [0.15, 0.2) is 0 Å². The predicted molar refractivity (Wildman–Crippen MR) is 98.9 cm³/mol. The summed E-state index contributed by atoms with van der Waals surface area (Å²) in [5.74, 6) is 0.888. The Balaban J connectivity index is 2.66. The van der Waals surface area contributed by atoms with Gasteiger partial charge in [-0.3, -0.25) is 0 Å². The highest BCUT2D eigenvalue weighted by Crippen LogP contribution is 2.26. The average molecular weight is 321 g/mol. The molecule has 0 amide bonds. The Morgan fingerprint density at radius 3 is 1.87 bits per heavy atom. The summed E-state index contributed by atoms with van der Waals surface area (Å²) in [6.45, 7) is 17.6. The van der Waals surface area contributed by atoms with Gasteiger partial charge in [-0.25, -0.2) is 0 Å². The van der Waals surface area contributed by atoms with Crippen molar-refractivity contribution >= 4 is 0 Å². The van der Waals surface area contributed by atoms with Crippen LogP contribution in [0.5, 0.6) is 5.75 Å². The molecule has 1 aromatic carbocycles. The Labute approximate surface area is 143 Å². The van der Waals surface area contributed by atoms with Crippen LogP contribution in [0.15, 0.2) is 24.3 Å². The molecule has 132 valence electrons. The highest BCUT2D eigenvalue weighted by atomic mass is 16.7. The Hall–Kier alpha value is -1.02. The zero-order valence-electron chi connectivity index (χ0n) is 16.4. The summed E-state index contributed by atoms with van der Waals surface area (Å²) in [5, 5.41) is 0. The van der Waals surface area contributed by atoms with E-state index in [0.717, 1.165) is 18.6 Å². The fourth-order valence-corrected chi connectivity index (χ4v) is 2.33. The highest BCUT2D eigenvalue weighted by molar-refractivity contribution is 5.27. The molecule has 1 rings (SSSR count). The smallest absolute Gasteiger partial charge is 0.200 e. The van der Waals surface area contributed by atoms with Crippen LogP contribution in [0.3, 0.4) is 0 Å². The lowest BCUT2D eigenvalue weighted by Crippen LogP contribution is -2.29. The van der Waals surface area contributed by atoms with Crippen molar-refractivity contribution in [3.05, 3.63) is 29.8 Å². The first-order chi connectivity index (χ1) is 10.4. The third-order valence-electron chi connectivity index (χ3n) is 3.56. The Bertz CT molecular complexity index is 446. The number of rotatable bonds is 7. The maximum atomic E-state index is 6.08. The van der Waals surface area contributed by atoms with Gasteiger partial charge < -0.3 is 9.47 Å². The molecule has 1 aromatic rings. The molecule has 0 saturated heterocycles. The molecule has 23 heavy (non-hydrogen) atoms. The van der Waals surface area contributed by atoms with Crippen LogP contribution in [0.1, 0.15) is 73.8 Å². The van der Waals surface area contributed by atoms with Gasteiger partial charge in [-0.2, -0.15) is 0 Å². The molecule has 0 aromatic heterocycles. The molecular weight excluding hydrogens is 284 g/mol. The Morgan fingerprint density at radius 2 is 1.43 bits per heavy atom. The van der Waals surface area contributed by atoms with E-state index in [1.807, 2.05) is 0 Å². The number of benzene rings is 1. The van der Waals surface area contributed by atoms with Gasteiger partial charge in [0, 0.05) is 6.42 Å². The van der Waals surface area contributed by atoms with E-state index in [2.05, 4.69) is 79.7 Å². The Kier molecular flexibility index (Phi) is 7.13. The lowest BCUT2D eigenvalue weighted by molar-refractivity contribution is -0.124. The molecule has 0 aliphatic rings.